The molecule has 1 heterocycles. The van der Waals surface area contributed by atoms with Gasteiger partial charge in [0.1, 0.15) is 11.3 Å². The number of primary amides is 1. The fraction of sp³-hybridized carbons (Fsp3) is 0.0714. The van der Waals surface area contributed by atoms with E-state index < -0.39 is 11.8 Å². The first-order valence-electron chi connectivity index (χ1n) is 6.11. The molecular weight excluding hydrogens is 270 g/mol. The number of nitrogen functional groups attached to an aromatic ring is 1. The molecule has 21 heavy (non-hydrogen) atoms. The molecule has 2 amide bonds. The molecule has 1 aliphatic heterocycles. The van der Waals surface area contributed by atoms with Gasteiger partial charge in [-0.25, -0.2) is 0 Å². The van der Waals surface area contributed by atoms with Crippen LogP contribution in [0.4, 0.5) is 11.4 Å². The predicted octanol–water partition coefficient (Wildman–Crippen LogP) is 0.482. The molecule has 7 heteroatoms. The van der Waals surface area contributed by atoms with Crippen LogP contribution in [0.1, 0.15) is 6.92 Å². The number of carbonyl (C=O) groups is 2. The number of nitrogens with zero attached hydrogens (tertiary/aromatic N) is 1. The summed E-state index contributed by atoms with van der Waals surface area (Å²) in [6.07, 6.45) is 0. The first-order chi connectivity index (χ1) is 9.90. The second-order valence-electron chi connectivity index (χ2n) is 4.49. The van der Waals surface area contributed by atoms with Crippen LogP contribution in [0.3, 0.4) is 0 Å². The number of nitrogens with two attached hydrogens (primary N) is 2. The number of carbonyl (C=O) groups excluding carboxylic acids is 2. The highest BCUT2D eigenvalue weighted by molar-refractivity contribution is 6.30. The second kappa shape index (κ2) is 5.49. The van der Waals surface area contributed by atoms with Gasteiger partial charge < -0.3 is 16.8 Å². The second-order valence-corrected chi connectivity index (χ2v) is 4.49. The molecule has 0 bridgehead atoms. The normalized spacial score (nSPS) is 16.9. The Bertz CT molecular complexity index is 703. The fourth-order valence-electron chi connectivity index (χ4n) is 1.95. The van der Waals surface area contributed by atoms with Crippen LogP contribution in [0.2, 0.25) is 0 Å². The van der Waals surface area contributed by atoms with Gasteiger partial charge in [0, 0.05) is 5.69 Å². The third-order valence-electron chi connectivity index (χ3n) is 2.94. The molecule has 7 nitrogen and oxygen atoms in total. The Kier molecular flexibility index (Phi) is 3.75. The van der Waals surface area contributed by atoms with Gasteiger partial charge in [0.05, 0.1) is 11.4 Å². The van der Waals surface area contributed by atoms with Crippen LogP contribution in [-0.4, -0.2) is 17.5 Å². The van der Waals surface area contributed by atoms with Gasteiger partial charge in [-0.3, -0.25) is 15.0 Å². The van der Waals surface area contributed by atoms with Gasteiger partial charge in [0.25, 0.3) is 11.8 Å². The van der Waals surface area contributed by atoms with Crippen LogP contribution in [0.15, 0.2) is 52.8 Å². The van der Waals surface area contributed by atoms with Gasteiger partial charge in [-0.2, -0.15) is 5.10 Å². The minimum atomic E-state index is -0.811. The minimum absolute atomic E-state index is 0.129. The fourth-order valence-corrected chi connectivity index (χ4v) is 1.95. The Hall–Kier alpha value is -3.09. The van der Waals surface area contributed by atoms with Crippen LogP contribution in [0.25, 0.3) is 0 Å². The van der Waals surface area contributed by atoms with E-state index in [1.54, 1.807) is 31.2 Å². The maximum Gasteiger partial charge on any atom is 0.261 e. The molecule has 0 aromatic heterocycles. The summed E-state index contributed by atoms with van der Waals surface area (Å²) in [7, 11) is 0. The van der Waals surface area contributed by atoms with Crippen molar-refractivity contribution in [3.63, 3.8) is 0 Å². The third-order valence-corrected chi connectivity index (χ3v) is 2.94. The van der Waals surface area contributed by atoms with Crippen molar-refractivity contribution < 1.29 is 9.59 Å². The summed E-state index contributed by atoms with van der Waals surface area (Å²) in [5, 5.41) is 6.61. The van der Waals surface area contributed by atoms with Crippen LogP contribution >= 0.6 is 0 Å². The molecule has 1 aromatic carbocycles. The summed E-state index contributed by atoms with van der Waals surface area (Å²) in [5.41, 5.74) is 15.8. The minimum Gasteiger partial charge on any atom is -0.399 e. The summed E-state index contributed by atoms with van der Waals surface area (Å²) in [4.78, 5) is 23.0. The third kappa shape index (κ3) is 2.92. The highest BCUT2D eigenvalue weighted by Crippen LogP contribution is 2.18. The maximum absolute atomic E-state index is 11.7. The number of amides is 2. The number of allylic oxidation sites excluding steroid dienone is 1. The van der Waals surface area contributed by atoms with Crippen molar-refractivity contribution in [1.82, 2.24) is 5.32 Å². The maximum atomic E-state index is 11.7. The molecule has 0 radical (unpaired) electrons. The number of nitrogens with one attached hydrogen (secondary N) is 2. The zero-order valence-electron chi connectivity index (χ0n) is 11.4. The lowest BCUT2D eigenvalue weighted by Crippen LogP contribution is -2.39. The Morgan fingerprint density at radius 2 is 2.14 bits per heavy atom. The van der Waals surface area contributed by atoms with Gasteiger partial charge in [-0.1, -0.05) is 12.6 Å². The van der Waals surface area contributed by atoms with Crippen molar-refractivity contribution in [3.8, 4) is 0 Å². The molecule has 0 unspecified atom stereocenters. The molecule has 2 rings (SSSR count). The van der Waals surface area contributed by atoms with E-state index in [2.05, 4.69) is 22.4 Å². The summed E-state index contributed by atoms with van der Waals surface area (Å²) in [5.74, 6) is -1.39. The molecule has 1 aliphatic rings. The van der Waals surface area contributed by atoms with Crippen molar-refractivity contribution in [2.45, 2.75) is 6.92 Å². The lowest BCUT2D eigenvalue weighted by molar-refractivity contribution is -0.121. The van der Waals surface area contributed by atoms with Crippen molar-refractivity contribution in [1.29, 1.82) is 0 Å². The van der Waals surface area contributed by atoms with E-state index in [4.69, 9.17) is 11.5 Å². The number of hydrazone groups is 1. The lowest BCUT2D eigenvalue weighted by Gasteiger charge is -2.20. The SMILES string of the molecule is C=C1NC(=O)C(C(N)=O)=C(C)/C1=N/Nc1cccc(N)c1. The van der Waals surface area contributed by atoms with Crippen molar-refractivity contribution >= 4 is 28.9 Å². The van der Waals surface area contributed by atoms with Crippen LogP contribution in [0, 0.1) is 0 Å². The number of hydrogen-bond donors (Lipinski definition) is 4. The molecule has 0 saturated heterocycles. The molecule has 0 atom stereocenters. The topological polar surface area (TPSA) is 123 Å². The molecule has 0 aliphatic carbocycles. The molecule has 0 fully saturated rings. The number of anilines is 2. The molecule has 6 N–H and O–H groups in total. The standard InChI is InChI=1S/C14H15N5O2/c1-7-11(13(16)20)14(21)17-8(2)12(7)19-18-10-5-3-4-9(15)6-10/h3-6,18H,2,15H2,1H3,(H2,16,20)(H,17,21)/b19-12-. The molecule has 0 spiro atoms. The average molecular weight is 285 g/mol. The Morgan fingerprint density at radius 1 is 1.43 bits per heavy atom. The average Bonchev–Trinajstić information content (AvgIpc) is 2.37. The Labute approximate surface area is 121 Å². The quantitative estimate of drug-likeness (QED) is 0.366. The van der Waals surface area contributed by atoms with Crippen molar-refractivity contribution in [3.05, 3.63) is 47.7 Å². The molecule has 0 saturated carbocycles. The summed E-state index contributed by atoms with van der Waals surface area (Å²) in [6.45, 7) is 5.29. The summed E-state index contributed by atoms with van der Waals surface area (Å²) < 4.78 is 0. The first kappa shape index (κ1) is 14.3. The summed E-state index contributed by atoms with van der Waals surface area (Å²) in [6, 6.07) is 6.99. The number of hydrogen-bond acceptors (Lipinski definition) is 5. The van der Waals surface area contributed by atoms with Gasteiger partial charge >= 0.3 is 0 Å². The molecule has 1 aromatic rings. The summed E-state index contributed by atoms with van der Waals surface area (Å²) >= 11 is 0. The van der Waals surface area contributed by atoms with Crippen LogP contribution in [0.5, 0.6) is 0 Å². The highest BCUT2D eigenvalue weighted by Gasteiger charge is 2.28. The lowest BCUT2D eigenvalue weighted by atomic mass is 9.98. The van der Waals surface area contributed by atoms with E-state index in [1.165, 1.54) is 0 Å². The van der Waals surface area contributed by atoms with Crippen LogP contribution in [-0.2, 0) is 9.59 Å². The van der Waals surface area contributed by atoms with E-state index >= 15 is 0 Å². The van der Waals surface area contributed by atoms with E-state index in [0.29, 0.717) is 28.4 Å². The van der Waals surface area contributed by atoms with E-state index in [9.17, 15) is 9.59 Å². The Morgan fingerprint density at radius 3 is 2.76 bits per heavy atom. The number of rotatable bonds is 3. The molecule has 108 valence electrons. The largest absolute Gasteiger partial charge is 0.399 e. The van der Waals surface area contributed by atoms with Crippen LogP contribution < -0.4 is 22.2 Å². The zero-order valence-corrected chi connectivity index (χ0v) is 11.4. The number of benzene rings is 1. The molecular formula is C14H15N5O2. The highest BCUT2D eigenvalue weighted by atomic mass is 16.2. The smallest absolute Gasteiger partial charge is 0.261 e. The van der Waals surface area contributed by atoms with Gasteiger partial charge in [-0.15, -0.1) is 0 Å². The zero-order chi connectivity index (χ0) is 15.6. The van der Waals surface area contributed by atoms with Gasteiger partial charge in [-0.05, 0) is 30.7 Å². The van der Waals surface area contributed by atoms with Crippen molar-refractivity contribution in [2.75, 3.05) is 11.2 Å². The van der Waals surface area contributed by atoms with Gasteiger partial charge in [0.15, 0.2) is 0 Å². The first-order valence-corrected chi connectivity index (χ1v) is 6.11. The Balaban J connectivity index is 2.37. The van der Waals surface area contributed by atoms with E-state index in [-0.39, 0.29) is 5.57 Å². The monoisotopic (exact) mass is 285 g/mol. The van der Waals surface area contributed by atoms with E-state index in [0.717, 1.165) is 0 Å². The van der Waals surface area contributed by atoms with Crippen molar-refractivity contribution in [2.24, 2.45) is 10.8 Å². The van der Waals surface area contributed by atoms with Gasteiger partial charge in [0.2, 0.25) is 0 Å². The predicted molar refractivity (Wildman–Crippen MR) is 81.1 cm³/mol. The van der Waals surface area contributed by atoms with E-state index in [1.807, 2.05) is 0 Å².